The first-order valence-corrected chi connectivity index (χ1v) is 14.0. The summed E-state index contributed by atoms with van der Waals surface area (Å²) in [6.07, 6.45) is 11.4. The molecule has 5 rings (SSSR count). The van der Waals surface area contributed by atoms with Crippen molar-refractivity contribution in [2.45, 2.75) is 65.2 Å². The molecule has 1 saturated heterocycles. The fraction of sp³-hybridized carbons (Fsp3) is 0.500. The summed E-state index contributed by atoms with van der Waals surface area (Å²) in [6.45, 7) is 6.66. The van der Waals surface area contributed by atoms with E-state index in [4.69, 9.17) is 4.98 Å². The van der Waals surface area contributed by atoms with Gasteiger partial charge in [0, 0.05) is 31.4 Å². The maximum Gasteiger partial charge on any atom is 0.335 e. The van der Waals surface area contributed by atoms with Gasteiger partial charge in [-0.2, -0.15) is 0 Å². The van der Waals surface area contributed by atoms with Crippen LogP contribution in [-0.4, -0.2) is 47.3 Å². The van der Waals surface area contributed by atoms with E-state index in [2.05, 4.69) is 18.7 Å². The molecule has 0 spiro atoms. The summed E-state index contributed by atoms with van der Waals surface area (Å²) >= 11 is 0. The predicted octanol–water partition coefficient (Wildman–Crippen LogP) is 7.33. The monoisotopic (exact) mass is 520 g/mol. The number of hydrogen-bond acceptors (Lipinski definition) is 3. The van der Waals surface area contributed by atoms with Gasteiger partial charge in [-0.3, -0.25) is 14.3 Å². The molecule has 38 heavy (non-hydrogen) atoms. The Morgan fingerprint density at radius 3 is 2.74 bits per heavy atom. The number of hydrogen-bond donors (Lipinski definition) is 1. The average Bonchev–Trinajstić information content (AvgIpc) is 3.04. The molecule has 1 N–H and O–H groups in total. The molecule has 1 aliphatic heterocycles. The van der Waals surface area contributed by atoms with Crippen LogP contribution in [0.4, 0.5) is 8.78 Å². The lowest BCUT2D eigenvalue weighted by atomic mass is 9.68. The second-order valence-corrected chi connectivity index (χ2v) is 12.0. The number of carbonyl (C=O) groups is 1. The molecule has 2 heterocycles. The Bertz CT molecular complexity index is 1270. The molecule has 2 aliphatic carbocycles. The van der Waals surface area contributed by atoms with Crippen LogP contribution in [0.5, 0.6) is 0 Å². The van der Waals surface area contributed by atoms with Gasteiger partial charge in [0.25, 0.3) is 0 Å². The van der Waals surface area contributed by atoms with Crippen molar-refractivity contribution in [1.82, 2.24) is 9.88 Å². The molecule has 0 amide bonds. The van der Waals surface area contributed by atoms with E-state index in [0.717, 1.165) is 80.4 Å². The lowest BCUT2D eigenvalue weighted by molar-refractivity contribution is 0.0696. The highest BCUT2D eigenvalue weighted by molar-refractivity contribution is 5.90. The van der Waals surface area contributed by atoms with E-state index >= 15 is 4.39 Å². The highest BCUT2D eigenvalue weighted by Crippen LogP contribution is 2.47. The molecule has 3 aliphatic rings. The zero-order chi connectivity index (χ0) is 26.9. The van der Waals surface area contributed by atoms with Crippen molar-refractivity contribution >= 4 is 17.6 Å². The highest BCUT2D eigenvalue weighted by atomic mass is 19.1. The van der Waals surface area contributed by atoms with Crippen molar-refractivity contribution in [3.8, 4) is 0 Å². The maximum atomic E-state index is 15.9. The smallest absolute Gasteiger partial charge is 0.335 e. The molecule has 0 radical (unpaired) electrons. The molecular formula is C32H38F2N2O2. The number of likely N-dealkylation sites (tertiary alicyclic amines) is 1. The van der Waals surface area contributed by atoms with E-state index in [0.29, 0.717) is 18.0 Å². The summed E-state index contributed by atoms with van der Waals surface area (Å²) in [6, 6.07) is 6.83. The number of carboxylic acids is 1. The van der Waals surface area contributed by atoms with E-state index in [1.807, 2.05) is 12.1 Å². The third-order valence-corrected chi connectivity index (χ3v) is 8.46. The van der Waals surface area contributed by atoms with Crippen molar-refractivity contribution in [2.75, 3.05) is 26.3 Å². The fourth-order valence-electron chi connectivity index (χ4n) is 6.64. The number of halogens is 2. The van der Waals surface area contributed by atoms with Gasteiger partial charge in [-0.05, 0) is 96.7 Å². The lowest BCUT2D eigenvalue weighted by Gasteiger charge is -2.37. The van der Waals surface area contributed by atoms with Crippen LogP contribution in [-0.2, 0) is 6.42 Å². The third kappa shape index (κ3) is 5.75. The number of allylic oxidation sites excluding steroid dienone is 1. The number of alkyl halides is 1. The standard InChI is InChI=1S/C32H38F2N2O2/c1-32(2)11-4-7-25(17-32)26-8-3-6-23-16-24(31(37)38)9-10-27(23)29(26)30-28(34)15-21(18-35-30)14-22-19-36(20-22)13-5-12-33/h9-10,14-16,18,25H,3-8,11-13,17,19-20H2,1-2H3,(H,37,38). The maximum absolute atomic E-state index is 15.9. The number of carboxylic acid groups (broad SMARTS) is 1. The molecule has 0 bridgehead atoms. The van der Waals surface area contributed by atoms with Gasteiger partial charge in [0.15, 0.2) is 0 Å². The molecular weight excluding hydrogens is 482 g/mol. The van der Waals surface area contributed by atoms with Gasteiger partial charge in [-0.15, -0.1) is 0 Å². The SMILES string of the molecule is CC1(C)CCCC(C2=C(c3ncc(C=C4CN(CCCF)C4)cc3F)c3ccc(C(=O)O)cc3CCC2)C1. The highest BCUT2D eigenvalue weighted by Gasteiger charge is 2.33. The molecule has 202 valence electrons. The summed E-state index contributed by atoms with van der Waals surface area (Å²) in [7, 11) is 0. The van der Waals surface area contributed by atoms with Crippen molar-refractivity contribution in [2.24, 2.45) is 11.3 Å². The molecule has 1 unspecified atom stereocenters. The lowest BCUT2D eigenvalue weighted by Crippen LogP contribution is -2.40. The molecule has 1 aromatic heterocycles. The van der Waals surface area contributed by atoms with Crippen molar-refractivity contribution in [3.63, 3.8) is 0 Å². The van der Waals surface area contributed by atoms with Gasteiger partial charge in [0.05, 0.1) is 12.2 Å². The minimum Gasteiger partial charge on any atom is -0.478 e. The topological polar surface area (TPSA) is 53.4 Å². The number of fused-ring (bicyclic) bond motifs is 1. The Hall–Kier alpha value is -2.86. The van der Waals surface area contributed by atoms with Crippen molar-refractivity contribution < 1.29 is 18.7 Å². The summed E-state index contributed by atoms with van der Waals surface area (Å²) < 4.78 is 28.3. The molecule has 1 saturated carbocycles. The van der Waals surface area contributed by atoms with Gasteiger partial charge in [0.1, 0.15) is 11.5 Å². The third-order valence-electron chi connectivity index (χ3n) is 8.46. The van der Waals surface area contributed by atoms with Gasteiger partial charge in [-0.25, -0.2) is 9.18 Å². The zero-order valence-electron chi connectivity index (χ0n) is 22.5. The number of aryl methyl sites for hydroxylation is 1. The molecule has 1 atom stereocenters. The number of rotatable bonds is 7. The number of pyridine rings is 1. The summed E-state index contributed by atoms with van der Waals surface area (Å²) in [5.41, 5.74) is 6.84. The Kier molecular flexibility index (Phi) is 7.80. The van der Waals surface area contributed by atoms with Gasteiger partial charge < -0.3 is 5.11 Å². The first-order valence-electron chi connectivity index (χ1n) is 14.0. The molecule has 6 heteroatoms. The number of aromatic nitrogens is 1. The molecule has 2 fully saturated rings. The van der Waals surface area contributed by atoms with E-state index < -0.39 is 5.97 Å². The first-order chi connectivity index (χ1) is 18.2. The van der Waals surface area contributed by atoms with Crippen LogP contribution in [0.25, 0.3) is 11.6 Å². The van der Waals surface area contributed by atoms with Crippen LogP contribution < -0.4 is 0 Å². The molecule has 4 nitrogen and oxygen atoms in total. The molecule has 2 aromatic rings. The number of aromatic carboxylic acids is 1. The van der Waals surface area contributed by atoms with Gasteiger partial charge in [0.2, 0.25) is 0 Å². The quantitative estimate of drug-likeness (QED) is 0.415. The Labute approximate surface area is 224 Å². The van der Waals surface area contributed by atoms with Crippen LogP contribution in [0.15, 0.2) is 41.6 Å². The van der Waals surface area contributed by atoms with Crippen LogP contribution in [0.3, 0.4) is 0 Å². The Morgan fingerprint density at radius 1 is 1.21 bits per heavy atom. The normalized spacial score (nSPS) is 21.5. The van der Waals surface area contributed by atoms with Crippen LogP contribution in [0.2, 0.25) is 0 Å². The predicted molar refractivity (Wildman–Crippen MR) is 147 cm³/mol. The van der Waals surface area contributed by atoms with E-state index in [9.17, 15) is 14.3 Å². The summed E-state index contributed by atoms with van der Waals surface area (Å²) in [4.78, 5) is 18.6. The summed E-state index contributed by atoms with van der Waals surface area (Å²) in [5.74, 6) is -0.921. The van der Waals surface area contributed by atoms with Crippen molar-refractivity contribution in [3.05, 3.63) is 75.4 Å². The average molecular weight is 521 g/mol. The number of nitrogens with zero attached hydrogens (tertiary/aromatic N) is 2. The van der Waals surface area contributed by atoms with E-state index in [-0.39, 0.29) is 23.5 Å². The largest absolute Gasteiger partial charge is 0.478 e. The van der Waals surface area contributed by atoms with Crippen LogP contribution in [0.1, 0.15) is 91.5 Å². The van der Waals surface area contributed by atoms with Crippen LogP contribution >= 0.6 is 0 Å². The minimum atomic E-state index is -0.947. The van der Waals surface area contributed by atoms with Crippen molar-refractivity contribution in [1.29, 1.82) is 0 Å². The fourth-order valence-corrected chi connectivity index (χ4v) is 6.64. The minimum absolute atomic E-state index is 0.242. The number of benzene rings is 1. The Morgan fingerprint density at radius 2 is 2.03 bits per heavy atom. The molecule has 1 aromatic carbocycles. The summed E-state index contributed by atoms with van der Waals surface area (Å²) in [5, 5.41) is 9.57. The first kappa shape index (κ1) is 26.7. The van der Waals surface area contributed by atoms with Gasteiger partial charge >= 0.3 is 5.97 Å². The van der Waals surface area contributed by atoms with E-state index in [1.54, 1.807) is 24.4 Å². The Balaban J connectivity index is 1.54. The second kappa shape index (κ2) is 11.1. The second-order valence-electron chi connectivity index (χ2n) is 12.0. The van der Waals surface area contributed by atoms with E-state index in [1.165, 1.54) is 17.6 Å². The van der Waals surface area contributed by atoms with Crippen LogP contribution in [0, 0.1) is 17.2 Å². The van der Waals surface area contributed by atoms with Gasteiger partial charge in [-0.1, -0.05) is 38.0 Å². The zero-order valence-corrected chi connectivity index (χ0v) is 22.5.